The summed E-state index contributed by atoms with van der Waals surface area (Å²) in [5.41, 5.74) is 3.61. The van der Waals surface area contributed by atoms with Gasteiger partial charge < -0.3 is 5.11 Å². The Morgan fingerprint density at radius 2 is 1.81 bits per heavy atom. The summed E-state index contributed by atoms with van der Waals surface area (Å²) in [6.45, 7) is 6.25. The van der Waals surface area contributed by atoms with E-state index < -0.39 is 0 Å². The Balaban J connectivity index is 0.000000382. The van der Waals surface area contributed by atoms with Crippen LogP contribution in [0.25, 0.3) is 6.08 Å². The fourth-order valence-electron chi connectivity index (χ4n) is 1.54. The number of benzene rings is 1. The highest BCUT2D eigenvalue weighted by Gasteiger charge is 1.86. The Hall–Kier alpha value is -1.93. The highest BCUT2D eigenvalue weighted by Crippen LogP contribution is 2.05. The highest BCUT2D eigenvalue weighted by molar-refractivity contribution is 5.65. The minimum absolute atomic E-state index is 0.106. The summed E-state index contributed by atoms with van der Waals surface area (Å²) >= 11 is 0. The average molecular weight is 286 g/mol. The predicted molar refractivity (Wildman–Crippen MR) is 91.0 cm³/mol. The summed E-state index contributed by atoms with van der Waals surface area (Å²) in [7, 11) is 0. The number of hydrogen-bond donors (Lipinski definition) is 1. The molecule has 1 aromatic rings. The number of allylic oxidation sites excluding steroid dienone is 4. The van der Waals surface area contributed by atoms with Crippen LogP contribution in [0.15, 0.2) is 59.7 Å². The van der Waals surface area contributed by atoms with Gasteiger partial charge in [-0.3, -0.25) is 4.79 Å². The second kappa shape index (κ2) is 13.1. The Bertz CT molecular complexity index is 464. The zero-order valence-corrected chi connectivity index (χ0v) is 13.3. The van der Waals surface area contributed by atoms with E-state index in [1.165, 1.54) is 5.57 Å². The Morgan fingerprint density at radius 1 is 1.14 bits per heavy atom. The Labute approximate surface area is 128 Å². The highest BCUT2D eigenvalue weighted by atomic mass is 16.2. The van der Waals surface area contributed by atoms with Crippen molar-refractivity contribution in [2.24, 2.45) is 0 Å². The van der Waals surface area contributed by atoms with Crippen molar-refractivity contribution in [1.82, 2.24) is 0 Å². The fourth-order valence-corrected chi connectivity index (χ4v) is 1.54. The molecule has 2 heteroatoms. The van der Waals surface area contributed by atoms with Crippen LogP contribution in [0.5, 0.6) is 0 Å². The van der Waals surface area contributed by atoms with Gasteiger partial charge in [-0.05, 0) is 45.3 Å². The molecule has 1 N–H and O–H groups in total. The smallest absolute Gasteiger partial charge is 0.142 e. The normalized spacial score (nSPS) is 10.8. The van der Waals surface area contributed by atoms with E-state index in [0.29, 0.717) is 0 Å². The molecule has 0 amide bonds. The first-order valence-electron chi connectivity index (χ1n) is 7.17. The number of carbonyl (C=O) groups excluding carboxylic acids is 1. The maximum atomic E-state index is 10.0. The summed E-state index contributed by atoms with van der Waals surface area (Å²) in [6.07, 6.45) is 10.3. The lowest BCUT2D eigenvalue weighted by atomic mass is 10.1. The van der Waals surface area contributed by atoms with Crippen LogP contribution < -0.4 is 0 Å². The van der Waals surface area contributed by atoms with Gasteiger partial charge in [0, 0.05) is 0 Å². The van der Waals surface area contributed by atoms with Crippen LogP contribution in [0.4, 0.5) is 0 Å². The van der Waals surface area contributed by atoms with Crippen LogP contribution in [-0.4, -0.2) is 18.0 Å². The summed E-state index contributed by atoms with van der Waals surface area (Å²) in [6, 6.07) is 9.89. The number of aldehydes is 1. The molecule has 21 heavy (non-hydrogen) atoms. The molecule has 0 spiro atoms. The lowest BCUT2D eigenvalue weighted by Crippen LogP contribution is -1.77. The fraction of sp³-hybridized carbons (Fsp3) is 0.316. The molecule has 2 nitrogen and oxygen atoms in total. The topological polar surface area (TPSA) is 37.3 Å². The molecule has 0 unspecified atom stereocenters. The maximum absolute atomic E-state index is 10.0. The maximum Gasteiger partial charge on any atom is 0.142 e. The quantitative estimate of drug-likeness (QED) is 0.472. The number of aliphatic hydroxyl groups is 1. The van der Waals surface area contributed by atoms with E-state index in [-0.39, 0.29) is 6.61 Å². The van der Waals surface area contributed by atoms with Crippen molar-refractivity contribution in [3.63, 3.8) is 0 Å². The summed E-state index contributed by atoms with van der Waals surface area (Å²) < 4.78 is 0. The molecular formula is C19H26O2. The van der Waals surface area contributed by atoms with Crippen LogP contribution >= 0.6 is 0 Å². The van der Waals surface area contributed by atoms with Crippen molar-refractivity contribution in [2.75, 3.05) is 6.61 Å². The van der Waals surface area contributed by atoms with Gasteiger partial charge in [-0.15, -0.1) is 0 Å². The van der Waals surface area contributed by atoms with E-state index in [2.05, 4.69) is 19.9 Å². The Morgan fingerprint density at radius 3 is 2.33 bits per heavy atom. The zero-order chi connectivity index (χ0) is 15.9. The van der Waals surface area contributed by atoms with Gasteiger partial charge in [0.25, 0.3) is 0 Å². The van der Waals surface area contributed by atoms with Gasteiger partial charge in [0.05, 0.1) is 6.61 Å². The van der Waals surface area contributed by atoms with E-state index >= 15 is 0 Å². The van der Waals surface area contributed by atoms with E-state index in [1.54, 1.807) is 12.2 Å². The van der Waals surface area contributed by atoms with Crippen molar-refractivity contribution >= 4 is 12.4 Å². The van der Waals surface area contributed by atoms with Crippen molar-refractivity contribution in [1.29, 1.82) is 0 Å². The molecule has 0 aliphatic carbocycles. The van der Waals surface area contributed by atoms with Gasteiger partial charge in [-0.1, -0.05) is 59.7 Å². The SMILES string of the molecule is CC(C)=CCCC(C)=CC=O.OCC=Cc1ccccc1. The first kappa shape index (κ1) is 19.1. The molecule has 1 rings (SSSR count). The molecule has 0 aliphatic rings. The number of aliphatic hydroxyl groups excluding tert-OH is 1. The molecule has 0 radical (unpaired) electrons. The molecule has 0 bridgehead atoms. The van der Waals surface area contributed by atoms with E-state index in [9.17, 15) is 4.79 Å². The number of carbonyl (C=O) groups is 1. The van der Waals surface area contributed by atoms with E-state index in [4.69, 9.17) is 5.11 Å². The third-order valence-corrected chi connectivity index (χ3v) is 2.66. The third kappa shape index (κ3) is 12.8. The standard InChI is InChI=1S/C10H16O.C9H10O/c1-9(2)5-4-6-10(3)7-8-11;10-8-4-7-9-5-2-1-3-6-9/h5,7-8H,4,6H2,1-3H3;1-7,10H,8H2. The van der Waals surface area contributed by atoms with Crippen LogP contribution in [0.2, 0.25) is 0 Å². The minimum Gasteiger partial charge on any atom is -0.392 e. The molecule has 1 aromatic carbocycles. The van der Waals surface area contributed by atoms with Gasteiger partial charge in [-0.2, -0.15) is 0 Å². The van der Waals surface area contributed by atoms with Crippen molar-refractivity contribution in [2.45, 2.75) is 33.6 Å². The summed E-state index contributed by atoms with van der Waals surface area (Å²) in [5.74, 6) is 0. The second-order valence-corrected chi connectivity index (χ2v) is 4.96. The third-order valence-electron chi connectivity index (χ3n) is 2.66. The molecule has 0 aromatic heterocycles. The van der Waals surface area contributed by atoms with Crippen LogP contribution in [0, 0.1) is 0 Å². The molecule has 0 saturated heterocycles. The predicted octanol–water partition coefficient (Wildman–Crippen LogP) is 4.57. The number of rotatable bonds is 6. The van der Waals surface area contributed by atoms with E-state index in [1.807, 2.05) is 43.3 Å². The molecular weight excluding hydrogens is 260 g/mol. The molecule has 0 saturated carbocycles. The summed E-state index contributed by atoms with van der Waals surface area (Å²) in [5, 5.41) is 8.44. The van der Waals surface area contributed by atoms with Gasteiger partial charge >= 0.3 is 0 Å². The van der Waals surface area contributed by atoms with Crippen molar-refractivity contribution in [3.8, 4) is 0 Å². The van der Waals surface area contributed by atoms with Crippen LogP contribution in [-0.2, 0) is 4.79 Å². The largest absolute Gasteiger partial charge is 0.392 e. The monoisotopic (exact) mass is 286 g/mol. The number of hydrogen-bond acceptors (Lipinski definition) is 2. The van der Waals surface area contributed by atoms with Gasteiger partial charge in [0.1, 0.15) is 6.29 Å². The molecule has 0 fully saturated rings. The molecule has 0 heterocycles. The second-order valence-electron chi connectivity index (χ2n) is 4.96. The first-order valence-corrected chi connectivity index (χ1v) is 7.17. The lowest BCUT2D eigenvalue weighted by Gasteiger charge is -1.94. The Kier molecular flexibility index (Phi) is 11.9. The van der Waals surface area contributed by atoms with E-state index in [0.717, 1.165) is 30.3 Å². The molecule has 0 aliphatic heterocycles. The van der Waals surface area contributed by atoms with Crippen LogP contribution in [0.3, 0.4) is 0 Å². The minimum atomic E-state index is 0.106. The van der Waals surface area contributed by atoms with Gasteiger partial charge in [-0.25, -0.2) is 0 Å². The van der Waals surface area contributed by atoms with Gasteiger partial charge in [0.15, 0.2) is 0 Å². The van der Waals surface area contributed by atoms with Gasteiger partial charge in [0.2, 0.25) is 0 Å². The zero-order valence-electron chi connectivity index (χ0n) is 13.3. The van der Waals surface area contributed by atoms with Crippen molar-refractivity contribution < 1.29 is 9.90 Å². The first-order chi connectivity index (χ1) is 10.1. The molecule has 0 atom stereocenters. The van der Waals surface area contributed by atoms with Crippen LogP contribution in [0.1, 0.15) is 39.2 Å². The van der Waals surface area contributed by atoms with Crippen molar-refractivity contribution in [3.05, 3.63) is 65.3 Å². The molecule has 114 valence electrons. The summed E-state index contributed by atoms with van der Waals surface area (Å²) in [4.78, 5) is 10.0. The average Bonchev–Trinajstić information content (AvgIpc) is 2.47. The lowest BCUT2D eigenvalue weighted by molar-refractivity contribution is -0.104.